The van der Waals surface area contributed by atoms with Crippen LogP contribution in [0.5, 0.6) is 0 Å². The summed E-state index contributed by atoms with van der Waals surface area (Å²) in [6.07, 6.45) is 2.21. The summed E-state index contributed by atoms with van der Waals surface area (Å²) in [5.74, 6) is 1.02. The topological polar surface area (TPSA) is 88.9 Å². The molecule has 1 aliphatic heterocycles. The number of nitrogens with zero attached hydrogens (tertiary/aromatic N) is 5. The van der Waals surface area contributed by atoms with Gasteiger partial charge in [0.25, 0.3) is 5.56 Å². The maximum Gasteiger partial charge on any atom is 0.252 e. The van der Waals surface area contributed by atoms with E-state index in [9.17, 15) is 4.79 Å². The van der Waals surface area contributed by atoms with Crippen LogP contribution in [0.25, 0.3) is 10.9 Å². The first-order valence-electron chi connectivity index (χ1n) is 12.8. The molecule has 0 radical (unpaired) electrons. The van der Waals surface area contributed by atoms with E-state index in [-0.39, 0.29) is 23.6 Å². The fourth-order valence-electron chi connectivity index (χ4n) is 5.27. The van der Waals surface area contributed by atoms with Gasteiger partial charge in [0.2, 0.25) is 0 Å². The first-order chi connectivity index (χ1) is 17.5. The third-order valence-electron chi connectivity index (χ3n) is 7.02. The highest BCUT2D eigenvalue weighted by molar-refractivity contribution is 5.81. The van der Waals surface area contributed by atoms with Crippen LogP contribution in [-0.2, 0) is 17.8 Å². The zero-order valence-electron chi connectivity index (χ0n) is 21.2. The summed E-state index contributed by atoms with van der Waals surface area (Å²) in [5.41, 5.74) is 3.77. The van der Waals surface area contributed by atoms with Gasteiger partial charge in [-0.15, -0.1) is 5.10 Å². The lowest BCUT2D eigenvalue weighted by molar-refractivity contribution is 0.0385. The van der Waals surface area contributed by atoms with Crippen LogP contribution >= 0.6 is 0 Å². The van der Waals surface area contributed by atoms with Gasteiger partial charge >= 0.3 is 0 Å². The molecule has 8 nitrogen and oxygen atoms in total. The Hall–Kier alpha value is -3.36. The lowest BCUT2D eigenvalue weighted by Gasteiger charge is -2.35. The van der Waals surface area contributed by atoms with Crippen molar-refractivity contribution in [3.05, 3.63) is 87.5 Å². The van der Waals surface area contributed by atoms with Crippen LogP contribution in [0.3, 0.4) is 0 Å². The molecule has 2 atom stereocenters. The Morgan fingerprint density at radius 1 is 1.17 bits per heavy atom. The molecule has 188 valence electrons. The summed E-state index contributed by atoms with van der Waals surface area (Å²) in [6, 6.07) is 18.2. The van der Waals surface area contributed by atoms with E-state index in [1.807, 2.05) is 54.1 Å². The van der Waals surface area contributed by atoms with Crippen molar-refractivity contribution in [2.75, 3.05) is 13.2 Å². The van der Waals surface area contributed by atoms with Crippen molar-refractivity contribution >= 4 is 10.9 Å². The van der Waals surface area contributed by atoms with Crippen molar-refractivity contribution in [2.24, 2.45) is 5.92 Å². The number of fused-ring (bicyclic) bond motifs is 1. The van der Waals surface area contributed by atoms with Gasteiger partial charge in [0.05, 0.1) is 24.2 Å². The molecule has 8 heteroatoms. The molecule has 1 N–H and O–H groups in total. The van der Waals surface area contributed by atoms with Crippen molar-refractivity contribution < 1.29 is 4.74 Å². The summed E-state index contributed by atoms with van der Waals surface area (Å²) in [7, 11) is 0. The summed E-state index contributed by atoms with van der Waals surface area (Å²) in [4.78, 5) is 18.6. The molecule has 4 aromatic rings. The molecule has 36 heavy (non-hydrogen) atoms. The molecule has 1 aliphatic rings. The standard InChI is InChI=1S/C28H34N6O2/c1-19(2)26(27-30-31-32-34(27)16-21-10-5-4-6-11-21)33(18-24-13-8-14-36-24)17-23-15-22-12-7-9-20(3)25(22)29-28(23)35/h4-7,9-12,15,19,24,26H,8,13-14,16-18H2,1-3H3,(H,29,35)/t24-,26+/m0/s1. The summed E-state index contributed by atoms with van der Waals surface area (Å²) in [5, 5.41) is 13.9. The number of para-hydroxylation sites is 1. The minimum Gasteiger partial charge on any atom is -0.377 e. The molecule has 1 fully saturated rings. The van der Waals surface area contributed by atoms with E-state index in [1.165, 1.54) is 0 Å². The van der Waals surface area contributed by atoms with E-state index in [2.05, 4.69) is 51.4 Å². The highest BCUT2D eigenvalue weighted by Gasteiger charge is 2.32. The van der Waals surface area contributed by atoms with Crippen LogP contribution in [0.2, 0.25) is 0 Å². The number of rotatable bonds is 9. The number of hydrogen-bond acceptors (Lipinski definition) is 6. The Labute approximate surface area is 211 Å². The third-order valence-corrected chi connectivity index (χ3v) is 7.02. The maximum absolute atomic E-state index is 13.2. The van der Waals surface area contributed by atoms with Gasteiger partial charge in [-0.25, -0.2) is 4.68 Å². The van der Waals surface area contributed by atoms with Gasteiger partial charge in [-0.3, -0.25) is 9.69 Å². The van der Waals surface area contributed by atoms with Crippen molar-refractivity contribution in [3.63, 3.8) is 0 Å². The van der Waals surface area contributed by atoms with E-state index >= 15 is 0 Å². The summed E-state index contributed by atoms with van der Waals surface area (Å²) >= 11 is 0. The number of nitrogens with one attached hydrogen (secondary N) is 1. The van der Waals surface area contributed by atoms with Crippen LogP contribution < -0.4 is 5.56 Å². The first kappa shape index (κ1) is 24.3. The van der Waals surface area contributed by atoms with Crippen molar-refractivity contribution in [3.8, 4) is 0 Å². The van der Waals surface area contributed by atoms with Crippen molar-refractivity contribution in [2.45, 2.75) is 58.8 Å². The Morgan fingerprint density at radius 3 is 2.75 bits per heavy atom. The van der Waals surface area contributed by atoms with Crippen LogP contribution in [0, 0.1) is 12.8 Å². The third kappa shape index (κ3) is 5.24. The number of aromatic amines is 1. The second-order valence-electron chi connectivity index (χ2n) is 10.1. The molecular formula is C28H34N6O2. The normalized spacial score (nSPS) is 16.9. The van der Waals surface area contributed by atoms with Gasteiger partial charge in [-0.2, -0.15) is 0 Å². The SMILES string of the molecule is Cc1cccc2cc(CN(C[C@@H]3CCCO3)[C@@H](c3nnnn3Cc3ccccc3)C(C)C)c(=O)[nH]c12. The number of aromatic nitrogens is 5. The zero-order valence-corrected chi connectivity index (χ0v) is 21.2. The number of H-pyrrole nitrogens is 1. The Kier molecular flexibility index (Phi) is 7.25. The lowest BCUT2D eigenvalue weighted by atomic mass is 9.99. The molecule has 0 bridgehead atoms. The van der Waals surface area contributed by atoms with E-state index < -0.39 is 0 Å². The average Bonchev–Trinajstić information content (AvgIpc) is 3.53. The molecule has 2 aromatic carbocycles. The van der Waals surface area contributed by atoms with E-state index in [4.69, 9.17) is 4.74 Å². The predicted octanol–water partition coefficient (Wildman–Crippen LogP) is 4.25. The number of aryl methyl sites for hydroxylation is 1. The number of benzene rings is 2. The largest absolute Gasteiger partial charge is 0.377 e. The number of hydrogen-bond donors (Lipinski definition) is 1. The molecule has 5 rings (SSSR count). The van der Waals surface area contributed by atoms with Crippen LogP contribution in [0.15, 0.2) is 59.4 Å². The molecule has 1 saturated heterocycles. The van der Waals surface area contributed by atoms with Gasteiger partial charge in [0.1, 0.15) is 0 Å². The number of ether oxygens (including phenoxy) is 1. The number of pyridine rings is 1. The molecule has 0 unspecified atom stereocenters. The fourth-order valence-corrected chi connectivity index (χ4v) is 5.27. The minimum atomic E-state index is -0.0829. The number of tetrazole rings is 1. The summed E-state index contributed by atoms with van der Waals surface area (Å²) in [6.45, 7) is 8.96. The van der Waals surface area contributed by atoms with E-state index in [1.54, 1.807) is 0 Å². The molecule has 2 aromatic heterocycles. The lowest BCUT2D eigenvalue weighted by Crippen LogP contribution is -2.40. The van der Waals surface area contributed by atoms with E-state index in [0.29, 0.717) is 19.6 Å². The molecular weight excluding hydrogens is 452 g/mol. The molecule has 0 spiro atoms. The first-order valence-corrected chi connectivity index (χ1v) is 12.8. The van der Waals surface area contributed by atoms with Crippen molar-refractivity contribution in [1.29, 1.82) is 0 Å². The Balaban J connectivity index is 1.51. The minimum absolute atomic E-state index is 0.0551. The predicted molar refractivity (Wildman–Crippen MR) is 140 cm³/mol. The highest BCUT2D eigenvalue weighted by Crippen LogP contribution is 2.30. The second kappa shape index (κ2) is 10.7. The average molecular weight is 487 g/mol. The van der Waals surface area contributed by atoms with Gasteiger partial charge in [0.15, 0.2) is 5.82 Å². The highest BCUT2D eigenvalue weighted by atomic mass is 16.5. The van der Waals surface area contributed by atoms with Gasteiger partial charge in [0, 0.05) is 25.3 Å². The van der Waals surface area contributed by atoms with E-state index in [0.717, 1.165) is 52.9 Å². The smallest absolute Gasteiger partial charge is 0.252 e. The van der Waals surface area contributed by atoms with Crippen LogP contribution in [-0.4, -0.2) is 49.3 Å². The van der Waals surface area contributed by atoms with Gasteiger partial charge < -0.3 is 9.72 Å². The fraction of sp³-hybridized carbons (Fsp3) is 0.429. The van der Waals surface area contributed by atoms with Gasteiger partial charge in [-0.1, -0.05) is 62.4 Å². The molecule has 0 amide bonds. The monoisotopic (exact) mass is 486 g/mol. The molecule has 0 aliphatic carbocycles. The molecule has 0 saturated carbocycles. The Bertz CT molecular complexity index is 1360. The maximum atomic E-state index is 13.2. The van der Waals surface area contributed by atoms with Crippen LogP contribution in [0.4, 0.5) is 0 Å². The van der Waals surface area contributed by atoms with Crippen molar-refractivity contribution in [1.82, 2.24) is 30.1 Å². The zero-order chi connectivity index (χ0) is 25.1. The molecule has 3 heterocycles. The van der Waals surface area contributed by atoms with Crippen LogP contribution in [0.1, 0.15) is 55.2 Å². The quantitative estimate of drug-likeness (QED) is 0.381. The summed E-state index contributed by atoms with van der Waals surface area (Å²) < 4.78 is 7.91. The second-order valence-corrected chi connectivity index (χ2v) is 10.1. The Morgan fingerprint density at radius 2 is 2.00 bits per heavy atom. The van der Waals surface area contributed by atoms with Gasteiger partial charge in [-0.05, 0) is 58.7 Å².